The summed E-state index contributed by atoms with van der Waals surface area (Å²) in [5.41, 5.74) is 3.76. The van der Waals surface area contributed by atoms with Crippen LogP contribution in [0.15, 0.2) is 42.5 Å². The SMILES string of the molecule is Cc1cc(C)cc(COc2c[c]ccc2)c1. The topological polar surface area (TPSA) is 9.23 Å². The standard InChI is InChI=1S/C15H15O/c1-12-8-13(2)10-14(9-12)11-16-15-6-4-3-5-7-15/h3-4,6-10H,11H2,1-2H3. The van der Waals surface area contributed by atoms with Gasteiger partial charge >= 0.3 is 0 Å². The maximum atomic E-state index is 5.67. The van der Waals surface area contributed by atoms with Crippen LogP contribution >= 0.6 is 0 Å². The monoisotopic (exact) mass is 211 g/mol. The summed E-state index contributed by atoms with van der Waals surface area (Å²) in [6.07, 6.45) is 0. The molecule has 0 spiro atoms. The van der Waals surface area contributed by atoms with Crippen LogP contribution in [0.5, 0.6) is 5.75 Å². The van der Waals surface area contributed by atoms with E-state index in [9.17, 15) is 0 Å². The second kappa shape index (κ2) is 4.84. The Balaban J connectivity index is 2.05. The van der Waals surface area contributed by atoms with Gasteiger partial charge in [0.05, 0.1) is 0 Å². The van der Waals surface area contributed by atoms with E-state index in [1.807, 2.05) is 24.3 Å². The minimum atomic E-state index is 0.611. The molecule has 0 N–H and O–H groups in total. The predicted molar refractivity (Wildman–Crippen MR) is 65.5 cm³/mol. The van der Waals surface area contributed by atoms with E-state index >= 15 is 0 Å². The van der Waals surface area contributed by atoms with E-state index < -0.39 is 0 Å². The summed E-state index contributed by atoms with van der Waals surface area (Å²) in [5, 5.41) is 0. The van der Waals surface area contributed by atoms with Gasteiger partial charge in [0.25, 0.3) is 0 Å². The molecular formula is C15H15O. The molecule has 0 aliphatic heterocycles. The minimum Gasteiger partial charge on any atom is -0.489 e. The number of hydrogen-bond donors (Lipinski definition) is 0. The quantitative estimate of drug-likeness (QED) is 0.752. The van der Waals surface area contributed by atoms with Crippen molar-refractivity contribution in [1.29, 1.82) is 0 Å². The van der Waals surface area contributed by atoms with Gasteiger partial charge in [0.15, 0.2) is 0 Å². The third-order valence-electron chi connectivity index (χ3n) is 2.37. The number of rotatable bonds is 3. The largest absolute Gasteiger partial charge is 0.489 e. The fourth-order valence-corrected chi connectivity index (χ4v) is 1.79. The molecule has 0 saturated heterocycles. The highest BCUT2D eigenvalue weighted by Gasteiger charge is 1.97. The summed E-state index contributed by atoms with van der Waals surface area (Å²) in [6, 6.07) is 17.1. The Bertz CT molecular complexity index is 440. The highest BCUT2D eigenvalue weighted by atomic mass is 16.5. The summed E-state index contributed by atoms with van der Waals surface area (Å²) >= 11 is 0. The van der Waals surface area contributed by atoms with Crippen LogP contribution in [0.25, 0.3) is 0 Å². The summed E-state index contributed by atoms with van der Waals surface area (Å²) in [4.78, 5) is 0. The molecule has 0 amide bonds. The zero-order valence-electron chi connectivity index (χ0n) is 9.66. The molecule has 0 aromatic heterocycles. The maximum Gasteiger partial charge on any atom is 0.120 e. The number of hydrogen-bond acceptors (Lipinski definition) is 1. The van der Waals surface area contributed by atoms with Crippen molar-refractivity contribution in [3.8, 4) is 5.75 Å². The molecule has 0 bridgehead atoms. The molecule has 0 unspecified atom stereocenters. The van der Waals surface area contributed by atoms with Crippen LogP contribution < -0.4 is 4.74 Å². The van der Waals surface area contributed by atoms with Gasteiger partial charge in [0.2, 0.25) is 0 Å². The lowest BCUT2D eigenvalue weighted by Gasteiger charge is -2.07. The Kier molecular flexibility index (Phi) is 3.25. The van der Waals surface area contributed by atoms with Gasteiger partial charge in [-0.3, -0.25) is 0 Å². The number of ether oxygens (including phenoxy) is 1. The predicted octanol–water partition coefficient (Wildman–Crippen LogP) is 3.68. The van der Waals surface area contributed by atoms with E-state index in [0.717, 1.165) is 5.75 Å². The van der Waals surface area contributed by atoms with E-state index in [0.29, 0.717) is 6.61 Å². The van der Waals surface area contributed by atoms with Crippen LogP contribution in [0.3, 0.4) is 0 Å². The van der Waals surface area contributed by atoms with Crippen LogP contribution in [-0.4, -0.2) is 0 Å². The molecule has 0 heterocycles. The molecule has 81 valence electrons. The first kappa shape index (κ1) is 10.7. The average Bonchev–Trinajstić information content (AvgIpc) is 2.27. The van der Waals surface area contributed by atoms with E-state index in [1.54, 1.807) is 0 Å². The highest BCUT2D eigenvalue weighted by molar-refractivity contribution is 5.29. The molecule has 2 rings (SSSR count). The summed E-state index contributed by atoms with van der Waals surface area (Å²) < 4.78 is 5.67. The second-order valence-electron chi connectivity index (χ2n) is 4.02. The Labute approximate surface area is 96.7 Å². The first-order chi connectivity index (χ1) is 7.74. The fraction of sp³-hybridized carbons (Fsp3) is 0.200. The van der Waals surface area contributed by atoms with Gasteiger partial charge in [-0.25, -0.2) is 0 Å². The van der Waals surface area contributed by atoms with Crippen molar-refractivity contribution in [2.24, 2.45) is 0 Å². The average molecular weight is 211 g/mol. The Hall–Kier alpha value is -1.76. The van der Waals surface area contributed by atoms with Crippen LogP contribution in [0.2, 0.25) is 0 Å². The molecule has 2 aromatic carbocycles. The van der Waals surface area contributed by atoms with Crippen molar-refractivity contribution in [2.75, 3.05) is 0 Å². The third kappa shape index (κ3) is 2.86. The molecule has 0 saturated carbocycles. The molecule has 0 aliphatic rings. The lowest BCUT2D eigenvalue weighted by molar-refractivity contribution is 0.306. The Morgan fingerprint density at radius 2 is 1.88 bits per heavy atom. The van der Waals surface area contributed by atoms with Crippen molar-refractivity contribution in [3.63, 3.8) is 0 Å². The van der Waals surface area contributed by atoms with Crippen molar-refractivity contribution < 1.29 is 4.74 Å². The molecule has 0 atom stereocenters. The van der Waals surface area contributed by atoms with Gasteiger partial charge < -0.3 is 4.74 Å². The first-order valence-electron chi connectivity index (χ1n) is 5.40. The molecule has 0 aliphatic carbocycles. The first-order valence-corrected chi connectivity index (χ1v) is 5.40. The normalized spacial score (nSPS) is 10.1. The van der Waals surface area contributed by atoms with Crippen LogP contribution in [0, 0.1) is 19.9 Å². The number of aryl methyl sites for hydroxylation is 2. The van der Waals surface area contributed by atoms with Crippen LogP contribution in [0.4, 0.5) is 0 Å². The number of benzene rings is 2. The molecule has 16 heavy (non-hydrogen) atoms. The molecule has 1 nitrogen and oxygen atoms in total. The third-order valence-corrected chi connectivity index (χ3v) is 2.37. The molecule has 2 aromatic rings. The van der Waals surface area contributed by atoms with Gasteiger partial charge in [-0.1, -0.05) is 41.5 Å². The smallest absolute Gasteiger partial charge is 0.120 e. The lowest BCUT2D eigenvalue weighted by Crippen LogP contribution is -1.96. The summed E-state index contributed by atoms with van der Waals surface area (Å²) in [6.45, 7) is 4.82. The Morgan fingerprint density at radius 1 is 1.12 bits per heavy atom. The van der Waals surface area contributed by atoms with Crippen molar-refractivity contribution in [1.82, 2.24) is 0 Å². The second-order valence-corrected chi connectivity index (χ2v) is 4.02. The van der Waals surface area contributed by atoms with E-state index in [1.165, 1.54) is 16.7 Å². The van der Waals surface area contributed by atoms with Crippen molar-refractivity contribution in [2.45, 2.75) is 20.5 Å². The van der Waals surface area contributed by atoms with Crippen LogP contribution in [-0.2, 0) is 6.61 Å². The summed E-state index contributed by atoms with van der Waals surface area (Å²) in [5.74, 6) is 0.863. The zero-order valence-corrected chi connectivity index (χ0v) is 9.66. The van der Waals surface area contributed by atoms with Gasteiger partial charge in [0, 0.05) is 0 Å². The Morgan fingerprint density at radius 3 is 2.50 bits per heavy atom. The minimum absolute atomic E-state index is 0.611. The maximum absolute atomic E-state index is 5.67. The van der Waals surface area contributed by atoms with Crippen LogP contribution in [0.1, 0.15) is 16.7 Å². The van der Waals surface area contributed by atoms with Gasteiger partial charge in [-0.2, -0.15) is 0 Å². The van der Waals surface area contributed by atoms with E-state index in [4.69, 9.17) is 4.74 Å². The van der Waals surface area contributed by atoms with Gasteiger partial charge in [-0.05, 0) is 37.6 Å². The van der Waals surface area contributed by atoms with Crippen molar-refractivity contribution >= 4 is 0 Å². The van der Waals surface area contributed by atoms with Crippen molar-refractivity contribution in [3.05, 3.63) is 65.2 Å². The highest BCUT2D eigenvalue weighted by Crippen LogP contribution is 2.13. The van der Waals surface area contributed by atoms with E-state index in [-0.39, 0.29) is 0 Å². The fourth-order valence-electron chi connectivity index (χ4n) is 1.79. The van der Waals surface area contributed by atoms with Gasteiger partial charge in [-0.15, -0.1) is 0 Å². The zero-order chi connectivity index (χ0) is 11.4. The molecule has 0 fully saturated rings. The van der Waals surface area contributed by atoms with E-state index in [2.05, 4.69) is 38.1 Å². The molecule has 1 radical (unpaired) electrons. The van der Waals surface area contributed by atoms with Gasteiger partial charge in [0.1, 0.15) is 12.4 Å². The lowest BCUT2D eigenvalue weighted by atomic mass is 10.1. The summed E-state index contributed by atoms with van der Waals surface area (Å²) in [7, 11) is 0. The molecular weight excluding hydrogens is 196 g/mol. The molecule has 1 heteroatoms.